The van der Waals surface area contributed by atoms with Crippen LogP contribution in [0.15, 0.2) is 36.4 Å². The van der Waals surface area contributed by atoms with E-state index in [2.05, 4.69) is 22.2 Å². The van der Waals surface area contributed by atoms with Crippen molar-refractivity contribution >= 4 is 52.1 Å². The van der Waals surface area contributed by atoms with Crippen molar-refractivity contribution in [2.75, 3.05) is 50.1 Å². The van der Waals surface area contributed by atoms with Gasteiger partial charge in [0.05, 0.1) is 15.1 Å². The molecule has 0 atom stereocenters. The lowest BCUT2D eigenvalue weighted by atomic mass is 10.2. The van der Waals surface area contributed by atoms with E-state index in [0.29, 0.717) is 26.5 Å². The maximum absolute atomic E-state index is 12.1. The Bertz CT molecular complexity index is 807. The summed E-state index contributed by atoms with van der Waals surface area (Å²) in [6, 6.07) is 10.8. The van der Waals surface area contributed by atoms with Crippen molar-refractivity contribution in [1.82, 2.24) is 4.90 Å². The van der Waals surface area contributed by atoms with E-state index in [1.165, 1.54) is 12.1 Å². The van der Waals surface area contributed by atoms with Crippen molar-refractivity contribution in [3.8, 4) is 5.75 Å². The Balaban J connectivity index is 1.53. The van der Waals surface area contributed by atoms with E-state index in [-0.39, 0.29) is 12.5 Å². The van der Waals surface area contributed by atoms with Crippen LogP contribution in [0.4, 0.5) is 11.4 Å². The number of halogens is 3. The highest BCUT2D eigenvalue weighted by Crippen LogP contribution is 2.33. The molecule has 5 nitrogen and oxygen atoms in total. The molecule has 3 rings (SSSR count). The molecular formula is C19H20Cl3N3O2. The van der Waals surface area contributed by atoms with Crippen molar-refractivity contribution < 1.29 is 9.53 Å². The van der Waals surface area contributed by atoms with Gasteiger partial charge in [-0.15, -0.1) is 0 Å². The van der Waals surface area contributed by atoms with Gasteiger partial charge in [0.1, 0.15) is 5.75 Å². The van der Waals surface area contributed by atoms with Crippen LogP contribution in [0.3, 0.4) is 0 Å². The van der Waals surface area contributed by atoms with Gasteiger partial charge in [-0.1, -0.05) is 34.8 Å². The minimum Gasteiger partial charge on any atom is -0.482 e. The Kier molecular flexibility index (Phi) is 6.71. The van der Waals surface area contributed by atoms with E-state index in [0.717, 1.165) is 31.9 Å². The number of amides is 1. The average molecular weight is 429 g/mol. The highest BCUT2D eigenvalue weighted by atomic mass is 35.5. The third-order valence-electron chi connectivity index (χ3n) is 4.35. The van der Waals surface area contributed by atoms with E-state index in [1.54, 1.807) is 0 Å². The van der Waals surface area contributed by atoms with Crippen molar-refractivity contribution in [1.29, 1.82) is 0 Å². The summed E-state index contributed by atoms with van der Waals surface area (Å²) in [5, 5.41) is 3.75. The summed E-state index contributed by atoms with van der Waals surface area (Å²) in [5.41, 5.74) is 1.86. The molecule has 2 aromatic rings. The summed E-state index contributed by atoms with van der Waals surface area (Å²) < 4.78 is 5.44. The summed E-state index contributed by atoms with van der Waals surface area (Å²) in [7, 11) is 2.13. The molecular weight excluding hydrogens is 409 g/mol. The number of piperazine rings is 1. The highest BCUT2D eigenvalue weighted by molar-refractivity contribution is 6.43. The first-order valence-corrected chi connectivity index (χ1v) is 9.66. The van der Waals surface area contributed by atoms with Gasteiger partial charge < -0.3 is 19.9 Å². The molecule has 0 aliphatic carbocycles. The molecule has 0 saturated carbocycles. The Morgan fingerprint density at radius 3 is 2.30 bits per heavy atom. The van der Waals surface area contributed by atoms with Crippen LogP contribution in [0.25, 0.3) is 0 Å². The molecule has 1 aliphatic rings. The fraction of sp³-hybridized carbons (Fsp3) is 0.316. The number of benzene rings is 2. The predicted molar refractivity (Wildman–Crippen MR) is 112 cm³/mol. The molecule has 144 valence electrons. The van der Waals surface area contributed by atoms with Crippen molar-refractivity contribution in [2.24, 2.45) is 0 Å². The van der Waals surface area contributed by atoms with Crippen molar-refractivity contribution in [3.05, 3.63) is 51.5 Å². The predicted octanol–water partition coefficient (Wildman–Crippen LogP) is 4.42. The first-order valence-electron chi connectivity index (χ1n) is 8.53. The topological polar surface area (TPSA) is 44.8 Å². The van der Waals surface area contributed by atoms with Gasteiger partial charge in [-0.3, -0.25) is 4.79 Å². The standard InChI is InChI=1S/C19H20Cl3N3O2/c1-24-6-8-25(9-7-24)14-4-2-13(3-5-14)23-19(26)12-27-18-11-16(21)15(20)10-17(18)22/h2-5,10-11H,6-9,12H2,1H3,(H,23,26). The lowest BCUT2D eigenvalue weighted by Crippen LogP contribution is -2.44. The number of rotatable bonds is 5. The van der Waals surface area contributed by atoms with Gasteiger partial charge in [-0.25, -0.2) is 0 Å². The zero-order valence-electron chi connectivity index (χ0n) is 14.8. The smallest absolute Gasteiger partial charge is 0.262 e. The summed E-state index contributed by atoms with van der Waals surface area (Å²) in [4.78, 5) is 16.8. The maximum Gasteiger partial charge on any atom is 0.262 e. The third kappa shape index (κ3) is 5.42. The minimum atomic E-state index is -0.288. The number of carbonyl (C=O) groups excluding carboxylic acids is 1. The molecule has 1 saturated heterocycles. The van der Waals surface area contributed by atoms with Gasteiger partial charge >= 0.3 is 0 Å². The molecule has 1 aliphatic heterocycles. The van der Waals surface area contributed by atoms with Gasteiger partial charge in [-0.2, -0.15) is 0 Å². The van der Waals surface area contributed by atoms with Gasteiger partial charge in [0, 0.05) is 43.6 Å². The van der Waals surface area contributed by atoms with Crippen LogP contribution in [0.1, 0.15) is 0 Å². The minimum absolute atomic E-state index is 0.183. The normalized spacial score (nSPS) is 14.9. The van der Waals surface area contributed by atoms with Crippen LogP contribution in [-0.4, -0.2) is 50.6 Å². The Morgan fingerprint density at radius 1 is 1.00 bits per heavy atom. The fourth-order valence-corrected chi connectivity index (χ4v) is 3.37. The van der Waals surface area contributed by atoms with E-state index >= 15 is 0 Å². The van der Waals surface area contributed by atoms with E-state index < -0.39 is 0 Å². The molecule has 0 radical (unpaired) electrons. The number of ether oxygens (including phenoxy) is 1. The van der Waals surface area contributed by atoms with Gasteiger partial charge in [0.15, 0.2) is 6.61 Å². The number of nitrogens with one attached hydrogen (secondary N) is 1. The van der Waals surface area contributed by atoms with Crippen LogP contribution >= 0.6 is 34.8 Å². The number of likely N-dealkylation sites (N-methyl/N-ethyl adjacent to an activating group) is 1. The molecule has 1 fully saturated rings. The maximum atomic E-state index is 12.1. The van der Waals surface area contributed by atoms with Gasteiger partial charge in [0.2, 0.25) is 0 Å². The lowest BCUT2D eigenvalue weighted by molar-refractivity contribution is -0.118. The molecule has 27 heavy (non-hydrogen) atoms. The second-order valence-electron chi connectivity index (χ2n) is 6.37. The zero-order chi connectivity index (χ0) is 19.4. The summed E-state index contributed by atoms with van der Waals surface area (Å²) in [5.74, 6) is 0.0242. The Labute approximate surface area is 173 Å². The molecule has 2 aromatic carbocycles. The number of carbonyl (C=O) groups is 1. The molecule has 1 amide bonds. The van der Waals surface area contributed by atoms with Gasteiger partial charge in [-0.05, 0) is 37.4 Å². The Morgan fingerprint density at radius 2 is 1.63 bits per heavy atom. The van der Waals surface area contributed by atoms with Crippen molar-refractivity contribution in [2.45, 2.75) is 0 Å². The zero-order valence-corrected chi connectivity index (χ0v) is 17.1. The first kappa shape index (κ1) is 20.1. The molecule has 0 unspecified atom stereocenters. The van der Waals surface area contributed by atoms with Crippen LogP contribution in [0.2, 0.25) is 15.1 Å². The van der Waals surface area contributed by atoms with Crippen LogP contribution in [0, 0.1) is 0 Å². The molecule has 0 bridgehead atoms. The van der Waals surface area contributed by atoms with E-state index in [9.17, 15) is 4.79 Å². The van der Waals surface area contributed by atoms with E-state index in [1.807, 2.05) is 24.3 Å². The van der Waals surface area contributed by atoms with Crippen LogP contribution in [0.5, 0.6) is 5.75 Å². The SMILES string of the molecule is CN1CCN(c2ccc(NC(=O)COc3cc(Cl)c(Cl)cc3Cl)cc2)CC1. The number of hydrogen-bond acceptors (Lipinski definition) is 4. The fourth-order valence-electron chi connectivity index (χ4n) is 2.78. The number of anilines is 2. The highest BCUT2D eigenvalue weighted by Gasteiger charge is 2.14. The Hall–Kier alpha value is -1.66. The first-order chi connectivity index (χ1) is 12.9. The summed E-state index contributed by atoms with van der Waals surface area (Å²) in [6.45, 7) is 3.92. The largest absolute Gasteiger partial charge is 0.482 e. The number of hydrogen-bond donors (Lipinski definition) is 1. The van der Waals surface area contributed by atoms with E-state index in [4.69, 9.17) is 39.5 Å². The summed E-state index contributed by atoms with van der Waals surface area (Å²) >= 11 is 17.9. The molecule has 1 N–H and O–H groups in total. The molecule has 0 spiro atoms. The second-order valence-corrected chi connectivity index (χ2v) is 7.59. The quantitative estimate of drug-likeness (QED) is 0.716. The molecule has 1 heterocycles. The van der Waals surface area contributed by atoms with Crippen molar-refractivity contribution in [3.63, 3.8) is 0 Å². The molecule has 8 heteroatoms. The summed E-state index contributed by atoms with van der Waals surface area (Å²) in [6.07, 6.45) is 0. The second kappa shape index (κ2) is 9.02. The van der Waals surface area contributed by atoms with Gasteiger partial charge in [0.25, 0.3) is 5.91 Å². The monoisotopic (exact) mass is 427 g/mol. The number of nitrogens with zero attached hydrogens (tertiary/aromatic N) is 2. The lowest BCUT2D eigenvalue weighted by Gasteiger charge is -2.34. The van der Waals surface area contributed by atoms with Crippen LogP contribution in [-0.2, 0) is 4.79 Å². The average Bonchev–Trinajstić information content (AvgIpc) is 2.65. The third-order valence-corrected chi connectivity index (χ3v) is 5.37. The molecule has 0 aromatic heterocycles. The van der Waals surface area contributed by atoms with Crippen LogP contribution < -0.4 is 15.0 Å².